The van der Waals surface area contributed by atoms with Gasteiger partial charge in [0.05, 0.1) is 6.42 Å². The smallest absolute Gasteiger partial charge is 0.226 e. The lowest BCUT2D eigenvalue weighted by Crippen LogP contribution is -2.39. The van der Waals surface area contributed by atoms with Crippen molar-refractivity contribution >= 4 is 5.91 Å². The summed E-state index contributed by atoms with van der Waals surface area (Å²) in [5, 5.41) is 0. The summed E-state index contributed by atoms with van der Waals surface area (Å²) in [5.41, 5.74) is 2.33. The van der Waals surface area contributed by atoms with Crippen LogP contribution in [0.25, 0.3) is 0 Å². The monoisotopic (exact) mass is 282 g/mol. The number of nitrogens with zero attached hydrogens (tertiary/aromatic N) is 2. The van der Waals surface area contributed by atoms with Gasteiger partial charge in [-0.2, -0.15) is 0 Å². The molecule has 1 saturated heterocycles. The molecule has 3 nitrogen and oxygen atoms in total. The average molecular weight is 282 g/mol. The molecule has 1 aliphatic rings. The van der Waals surface area contributed by atoms with Crippen LogP contribution < -0.4 is 0 Å². The standard InChI is InChI=1S/C18H22N2O/c1-15-5-4-6-16(13-15)14-18(21)20-11-7-17(8-12-20)19-9-2-3-10-19/h2-6,9-10,13,17H,7-8,11-12,14H2,1H3. The average Bonchev–Trinajstić information content (AvgIpc) is 3.01. The largest absolute Gasteiger partial charge is 0.351 e. The van der Waals surface area contributed by atoms with E-state index in [-0.39, 0.29) is 5.91 Å². The minimum absolute atomic E-state index is 0.256. The van der Waals surface area contributed by atoms with Crippen molar-refractivity contribution in [3.8, 4) is 0 Å². The summed E-state index contributed by atoms with van der Waals surface area (Å²) in [5.74, 6) is 0.256. The number of hydrogen-bond acceptors (Lipinski definition) is 1. The van der Waals surface area contributed by atoms with Gasteiger partial charge in [-0.15, -0.1) is 0 Å². The van der Waals surface area contributed by atoms with Gasteiger partial charge in [0.1, 0.15) is 0 Å². The number of carbonyl (C=O) groups is 1. The van der Waals surface area contributed by atoms with E-state index >= 15 is 0 Å². The summed E-state index contributed by atoms with van der Waals surface area (Å²) in [6.45, 7) is 3.80. The van der Waals surface area contributed by atoms with Crippen LogP contribution in [0.1, 0.15) is 30.0 Å². The minimum atomic E-state index is 0.256. The number of piperidine rings is 1. The van der Waals surface area contributed by atoms with Gasteiger partial charge < -0.3 is 9.47 Å². The molecule has 1 fully saturated rings. The molecular formula is C18H22N2O. The molecule has 0 bridgehead atoms. The first-order valence-corrected chi connectivity index (χ1v) is 7.68. The molecule has 1 aliphatic heterocycles. The molecule has 0 aliphatic carbocycles. The molecule has 0 atom stereocenters. The Morgan fingerprint density at radius 1 is 1.14 bits per heavy atom. The highest BCUT2D eigenvalue weighted by Gasteiger charge is 2.23. The van der Waals surface area contributed by atoms with E-state index in [1.54, 1.807) is 0 Å². The Morgan fingerprint density at radius 2 is 1.86 bits per heavy atom. The van der Waals surface area contributed by atoms with Gasteiger partial charge in [0.15, 0.2) is 0 Å². The molecule has 3 rings (SSSR count). The summed E-state index contributed by atoms with van der Waals surface area (Å²) in [7, 11) is 0. The van der Waals surface area contributed by atoms with E-state index in [0.29, 0.717) is 12.5 Å². The van der Waals surface area contributed by atoms with Crippen molar-refractivity contribution in [1.82, 2.24) is 9.47 Å². The highest BCUT2D eigenvalue weighted by Crippen LogP contribution is 2.23. The molecule has 1 aromatic heterocycles. The van der Waals surface area contributed by atoms with Gasteiger partial charge in [-0.05, 0) is 37.5 Å². The van der Waals surface area contributed by atoms with Gasteiger partial charge in [0.2, 0.25) is 5.91 Å². The van der Waals surface area contributed by atoms with Gasteiger partial charge >= 0.3 is 0 Å². The maximum absolute atomic E-state index is 12.4. The number of rotatable bonds is 3. The molecule has 3 heteroatoms. The number of hydrogen-bond donors (Lipinski definition) is 0. The van der Waals surface area contributed by atoms with Crippen molar-refractivity contribution in [2.24, 2.45) is 0 Å². The molecule has 1 aromatic carbocycles. The van der Waals surface area contributed by atoms with Gasteiger partial charge in [0, 0.05) is 31.5 Å². The van der Waals surface area contributed by atoms with Crippen LogP contribution >= 0.6 is 0 Å². The maximum Gasteiger partial charge on any atom is 0.226 e. The zero-order chi connectivity index (χ0) is 14.7. The Morgan fingerprint density at radius 3 is 2.52 bits per heavy atom. The summed E-state index contributed by atoms with van der Waals surface area (Å²) in [4.78, 5) is 14.4. The Balaban J connectivity index is 1.55. The quantitative estimate of drug-likeness (QED) is 0.848. The summed E-state index contributed by atoms with van der Waals surface area (Å²) >= 11 is 0. The van der Waals surface area contributed by atoms with E-state index in [0.717, 1.165) is 31.5 Å². The highest BCUT2D eigenvalue weighted by molar-refractivity contribution is 5.78. The predicted octanol–water partition coefficient (Wildman–Crippen LogP) is 3.20. The van der Waals surface area contributed by atoms with Crippen LogP contribution in [-0.2, 0) is 11.2 Å². The first kappa shape index (κ1) is 13.9. The Kier molecular flexibility index (Phi) is 4.09. The number of aromatic nitrogens is 1. The van der Waals surface area contributed by atoms with Crippen LogP contribution in [0.3, 0.4) is 0 Å². The summed E-state index contributed by atoms with van der Waals surface area (Å²) in [6, 6.07) is 12.9. The van der Waals surface area contributed by atoms with Crippen LogP contribution in [0, 0.1) is 6.92 Å². The molecule has 110 valence electrons. The Hall–Kier alpha value is -2.03. The topological polar surface area (TPSA) is 25.2 Å². The van der Waals surface area contributed by atoms with Crippen LogP contribution in [0.5, 0.6) is 0 Å². The van der Waals surface area contributed by atoms with Crippen molar-refractivity contribution in [2.45, 2.75) is 32.2 Å². The van der Waals surface area contributed by atoms with E-state index in [1.807, 2.05) is 17.0 Å². The number of aryl methyl sites for hydroxylation is 1. The Bertz CT molecular complexity index is 595. The fraction of sp³-hybridized carbons (Fsp3) is 0.389. The summed E-state index contributed by atoms with van der Waals surface area (Å²) in [6.07, 6.45) is 6.86. The molecule has 0 unspecified atom stereocenters. The Labute approximate surface area is 126 Å². The number of amides is 1. The van der Waals surface area contributed by atoms with Gasteiger partial charge in [0.25, 0.3) is 0 Å². The zero-order valence-electron chi connectivity index (χ0n) is 12.5. The molecule has 0 spiro atoms. The molecule has 2 aromatic rings. The molecule has 1 amide bonds. The fourth-order valence-electron chi connectivity index (χ4n) is 3.11. The number of benzene rings is 1. The van der Waals surface area contributed by atoms with Crippen LogP contribution in [-0.4, -0.2) is 28.5 Å². The first-order chi connectivity index (χ1) is 10.2. The molecule has 0 N–H and O–H groups in total. The second kappa shape index (κ2) is 6.17. The van der Waals surface area contributed by atoms with E-state index in [2.05, 4.69) is 48.1 Å². The van der Waals surface area contributed by atoms with Crippen LogP contribution in [0.2, 0.25) is 0 Å². The van der Waals surface area contributed by atoms with Crippen molar-refractivity contribution < 1.29 is 4.79 Å². The predicted molar refractivity (Wildman–Crippen MR) is 84.2 cm³/mol. The minimum Gasteiger partial charge on any atom is -0.351 e. The SMILES string of the molecule is Cc1cccc(CC(=O)N2CCC(n3cccc3)CC2)c1. The van der Waals surface area contributed by atoms with Gasteiger partial charge in [-0.25, -0.2) is 0 Å². The van der Waals surface area contributed by atoms with E-state index in [1.165, 1.54) is 5.56 Å². The normalized spacial score (nSPS) is 16.1. The van der Waals surface area contributed by atoms with E-state index < -0.39 is 0 Å². The second-order valence-corrected chi connectivity index (χ2v) is 5.91. The van der Waals surface area contributed by atoms with Crippen molar-refractivity contribution in [1.29, 1.82) is 0 Å². The highest BCUT2D eigenvalue weighted by atomic mass is 16.2. The van der Waals surface area contributed by atoms with E-state index in [4.69, 9.17) is 0 Å². The fourth-order valence-corrected chi connectivity index (χ4v) is 3.11. The molecule has 21 heavy (non-hydrogen) atoms. The van der Waals surface area contributed by atoms with Crippen molar-refractivity contribution in [3.63, 3.8) is 0 Å². The molecular weight excluding hydrogens is 260 g/mol. The molecule has 0 radical (unpaired) electrons. The molecule has 2 heterocycles. The second-order valence-electron chi connectivity index (χ2n) is 5.91. The lowest BCUT2D eigenvalue weighted by molar-refractivity contribution is -0.131. The first-order valence-electron chi connectivity index (χ1n) is 7.68. The van der Waals surface area contributed by atoms with Crippen LogP contribution in [0.4, 0.5) is 0 Å². The third-order valence-corrected chi connectivity index (χ3v) is 4.30. The van der Waals surface area contributed by atoms with Gasteiger partial charge in [-0.1, -0.05) is 29.8 Å². The van der Waals surface area contributed by atoms with Gasteiger partial charge in [-0.3, -0.25) is 4.79 Å². The van der Waals surface area contributed by atoms with E-state index in [9.17, 15) is 4.79 Å². The van der Waals surface area contributed by atoms with Crippen molar-refractivity contribution in [3.05, 3.63) is 59.9 Å². The third-order valence-electron chi connectivity index (χ3n) is 4.30. The number of likely N-dealkylation sites (tertiary alicyclic amines) is 1. The lowest BCUT2D eigenvalue weighted by Gasteiger charge is -2.33. The zero-order valence-corrected chi connectivity index (χ0v) is 12.5. The summed E-state index contributed by atoms with van der Waals surface area (Å²) < 4.78 is 2.27. The maximum atomic E-state index is 12.4. The lowest BCUT2D eigenvalue weighted by atomic mass is 10.0. The third kappa shape index (κ3) is 3.35. The van der Waals surface area contributed by atoms with Crippen LogP contribution in [0.15, 0.2) is 48.8 Å². The molecule has 0 saturated carbocycles. The number of carbonyl (C=O) groups excluding carboxylic acids is 1. The van der Waals surface area contributed by atoms with Crippen molar-refractivity contribution in [2.75, 3.05) is 13.1 Å².